The van der Waals surface area contributed by atoms with Gasteiger partial charge in [0.25, 0.3) is 5.91 Å². The third kappa shape index (κ3) is 4.27. The number of halogens is 1. The minimum absolute atomic E-state index is 0.0941. The Morgan fingerprint density at radius 3 is 2.76 bits per heavy atom. The van der Waals surface area contributed by atoms with Crippen LogP contribution in [0.2, 0.25) is 5.02 Å². The van der Waals surface area contributed by atoms with E-state index in [0.717, 1.165) is 12.8 Å². The van der Waals surface area contributed by atoms with Gasteiger partial charge in [-0.3, -0.25) is 4.79 Å². The first-order valence-corrected chi connectivity index (χ1v) is 6.27. The van der Waals surface area contributed by atoms with Crippen molar-refractivity contribution < 1.29 is 9.53 Å². The van der Waals surface area contributed by atoms with Crippen molar-refractivity contribution in [3.63, 3.8) is 0 Å². The van der Waals surface area contributed by atoms with Crippen molar-refractivity contribution in [3.05, 3.63) is 28.8 Å². The summed E-state index contributed by atoms with van der Waals surface area (Å²) in [6.07, 6.45) is 2.04. The molecule has 0 fully saturated rings. The van der Waals surface area contributed by atoms with Crippen molar-refractivity contribution in [2.45, 2.75) is 26.7 Å². The van der Waals surface area contributed by atoms with E-state index in [1.807, 2.05) is 6.92 Å². The molecule has 0 spiro atoms. The minimum Gasteiger partial charge on any atom is -0.492 e. The van der Waals surface area contributed by atoms with Gasteiger partial charge in [-0.25, -0.2) is 0 Å². The third-order valence-electron chi connectivity index (χ3n) is 2.31. The first-order chi connectivity index (χ1) is 8.19. The van der Waals surface area contributed by atoms with E-state index in [1.165, 1.54) is 0 Å². The van der Waals surface area contributed by atoms with Crippen LogP contribution >= 0.6 is 11.6 Å². The van der Waals surface area contributed by atoms with Gasteiger partial charge in [0.05, 0.1) is 11.6 Å². The van der Waals surface area contributed by atoms with Gasteiger partial charge in [-0.2, -0.15) is 0 Å². The monoisotopic (exact) mass is 255 g/mol. The molecule has 1 aromatic rings. The van der Waals surface area contributed by atoms with Crippen LogP contribution in [0.3, 0.4) is 0 Å². The van der Waals surface area contributed by atoms with Crippen LogP contribution in [0.4, 0.5) is 0 Å². The number of carbonyl (C=O) groups is 1. The fraction of sp³-hybridized carbons (Fsp3) is 0.462. The highest BCUT2D eigenvalue weighted by molar-refractivity contribution is 6.32. The molecule has 17 heavy (non-hydrogen) atoms. The van der Waals surface area contributed by atoms with Crippen LogP contribution in [-0.4, -0.2) is 19.1 Å². The Bertz CT molecular complexity index is 380. The van der Waals surface area contributed by atoms with Gasteiger partial charge in [-0.15, -0.1) is 0 Å². The van der Waals surface area contributed by atoms with E-state index >= 15 is 0 Å². The maximum absolute atomic E-state index is 11.7. The molecule has 0 bridgehead atoms. The van der Waals surface area contributed by atoms with Crippen LogP contribution in [0.15, 0.2) is 18.2 Å². The van der Waals surface area contributed by atoms with Gasteiger partial charge >= 0.3 is 0 Å². The van der Waals surface area contributed by atoms with E-state index in [9.17, 15) is 4.79 Å². The summed E-state index contributed by atoms with van der Waals surface area (Å²) in [4.78, 5) is 11.7. The standard InChI is InChI=1S/C13H18ClNO2/c1-3-5-8-15-13(16)10-6-7-12(17-4-2)11(14)9-10/h6-7,9H,3-5,8H2,1-2H3,(H,15,16). The van der Waals surface area contributed by atoms with E-state index in [1.54, 1.807) is 18.2 Å². The molecule has 0 aliphatic heterocycles. The number of benzene rings is 1. The molecule has 0 heterocycles. The smallest absolute Gasteiger partial charge is 0.251 e. The zero-order valence-corrected chi connectivity index (χ0v) is 11.0. The quantitative estimate of drug-likeness (QED) is 0.793. The number of amides is 1. The highest BCUT2D eigenvalue weighted by atomic mass is 35.5. The summed E-state index contributed by atoms with van der Waals surface area (Å²) in [5.41, 5.74) is 0.564. The van der Waals surface area contributed by atoms with Crippen LogP contribution in [0.25, 0.3) is 0 Å². The van der Waals surface area contributed by atoms with Crippen molar-refractivity contribution in [2.75, 3.05) is 13.2 Å². The molecule has 1 amide bonds. The molecule has 0 radical (unpaired) electrons. The number of ether oxygens (including phenoxy) is 1. The number of hydrogen-bond acceptors (Lipinski definition) is 2. The van der Waals surface area contributed by atoms with Gasteiger partial charge in [0.1, 0.15) is 5.75 Å². The topological polar surface area (TPSA) is 38.3 Å². The van der Waals surface area contributed by atoms with Gasteiger partial charge in [-0.1, -0.05) is 24.9 Å². The second-order valence-corrected chi connectivity index (χ2v) is 4.09. The molecule has 0 atom stereocenters. The predicted molar refractivity (Wildman–Crippen MR) is 69.9 cm³/mol. The molecule has 0 aliphatic rings. The Morgan fingerprint density at radius 2 is 2.18 bits per heavy atom. The summed E-state index contributed by atoms with van der Waals surface area (Å²) < 4.78 is 5.31. The van der Waals surface area contributed by atoms with Crippen LogP contribution in [0, 0.1) is 0 Å². The van der Waals surface area contributed by atoms with E-state index in [4.69, 9.17) is 16.3 Å². The van der Waals surface area contributed by atoms with Crippen LogP contribution in [0.5, 0.6) is 5.75 Å². The van der Waals surface area contributed by atoms with Gasteiger partial charge in [0, 0.05) is 12.1 Å². The Kier molecular flexibility index (Phi) is 5.84. The van der Waals surface area contributed by atoms with Gasteiger partial charge in [0.15, 0.2) is 0 Å². The second-order valence-electron chi connectivity index (χ2n) is 3.69. The third-order valence-corrected chi connectivity index (χ3v) is 2.61. The van der Waals surface area contributed by atoms with Gasteiger partial charge in [0.2, 0.25) is 0 Å². The highest BCUT2D eigenvalue weighted by Gasteiger charge is 2.08. The number of hydrogen-bond donors (Lipinski definition) is 1. The average molecular weight is 256 g/mol. The SMILES string of the molecule is CCCCNC(=O)c1ccc(OCC)c(Cl)c1. The molecular formula is C13H18ClNO2. The zero-order valence-electron chi connectivity index (χ0n) is 10.3. The molecule has 1 aromatic carbocycles. The summed E-state index contributed by atoms with van der Waals surface area (Å²) in [7, 11) is 0. The summed E-state index contributed by atoms with van der Waals surface area (Å²) in [6, 6.07) is 5.08. The van der Waals surface area contributed by atoms with E-state index in [-0.39, 0.29) is 5.91 Å². The molecule has 0 saturated carbocycles. The number of unbranched alkanes of at least 4 members (excludes halogenated alkanes) is 1. The van der Waals surface area contributed by atoms with Crippen molar-refractivity contribution in [2.24, 2.45) is 0 Å². The summed E-state index contributed by atoms with van der Waals surface area (Å²) in [6.45, 7) is 5.23. The number of nitrogens with one attached hydrogen (secondary N) is 1. The fourth-order valence-corrected chi connectivity index (χ4v) is 1.63. The molecule has 0 unspecified atom stereocenters. The molecule has 3 nitrogen and oxygen atoms in total. The minimum atomic E-state index is -0.0941. The summed E-state index contributed by atoms with van der Waals surface area (Å²) >= 11 is 6.01. The molecule has 1 N–H and O–H groups in total. The number of carbonyl (C=O) groups excluding carboxylic acids is 1. The van der Waals surface area contributed by atoms with E-state index in [2.05, 4.69) is 12.2 Å². The summed E-state index contributed by atoms with van der Waals surface area (Å²) in [5, 5.41) is 3.31. The van der Waals surface area contributed by atoms with Crippen LogP contribution in [-0.2, 0) is 0 Å². The van der Waals surface area contributed by atoms with E-state index < -0.39 is 0 Å². The first-order valence-electron chi connectivity index (χ1n) is 5.89. The first kappa shape index (κ1) is 13.8. The van der Waals surface area contributed by atoms with Crippen molar-refractivity contribution in [1.82, 2.24) is 5.32 Å². The lowest BCUT2D eigenvalue weighted by Gasteiger charge is -2.08. The molecule has 4 heteroatoms. The van der Waals surface area contributed by atoms with Gasteiger partial charge < -0.3 is 10.1 Å². The fourth-order valence-electron chi connectivity index (χ4n) is 1.40. The maximum atomic E-state index is 11.7. The van der Waals surface area contributed by atoms with Gasteiger partial charge in [-0.05, 0) is 31.5 Å². The Labute approximate surface area is 107 Å². The average Bonchev–Trinajstić information content (AvgIpc) is 2.32. The second kappa shape index (κ2) is 7.17. The molecule has 0 aromatic heterocycles. The lowest BCUT2D eigenvalue weighted by atomic mass is 10.2. The summed E-state index contributed by atoms with van der Waals surface area (Å²) in [5.74, 6) is 0.516. The highest BCUT2D eigenvalue weighted by Crippen LogP contribution is 2.25. The van der Waals surface area contributed by atoms with Crippen LogP contribution < -0.4 is 10.1 Å². The Hall–Kier alpha value is -1.22. The largest absolute Gasteiger partial charge is 0.492 e. The maximum Gasteiger partial charge on any atom is 0.251 e. The normalized spacial score (nSPS) is 10.1. The van der Waals surface area contributed by atoms with Crippen molar-refractivity contribution >= 4 is 17.5 Å². The Morgan fingerprint density at radius 1 is 1.41 bits per heavy atom. The lowest BCUT2D eigenvalue weighted by molar-refractivity contribution is 0.0953. The number of rotatable bonds is 6. The van der Waals surface area contributed by atoms with Crippen LogP contribution in [0.1, 0.15) is 37.0 Å². The van der Waals surface area contributed by atoms with Crippen molar-refractivity contribution in [1.29, 1.82) is 0 Å². The molecular weight excluding hydrogens is 238 g/mol. The zero-order chi connectivity index (χ0) is 12.7. The molecule has 0 saturated heterocycles. The van der Waals surface area contributed by atoms with E-state index in [0.29, 0.717) is 29.5 Å². The molecule has 94 valence electrons. The lowest BCUT2D eigenvalue weighted by Crippen LogP contribution is -2.24. The molecule has 0 aliphatic carbocycles. The molecule has 1 rings (SSSR count). The Balaban J connectivity index is 2.65. The van der Waals surface area contributed by atoms with Crippen molar-refractivity contribution in [3.8, 4) is 5.75 Å². The predicted octanol–water partition coefficient (Wildman–Crippen LogP) is 3.27.